The highest BCUT2D eigenvalue weighted by Crippen LogP contribution is 2.19. The number of hydrogen-bond acceptors (Lipinski definition) is 0. The maximum absolute atomic E-state index is 3.46. The summed E-state index contributed by atoms with van der Waals surface area (Å²) in [7, 11) is 0. The molecular formula is C18H14Br2N+. The van der Waals surface area contributed by atoms with Crippen LogP contribution in [0.1, 0.15) is 11.3 Å². The van der Waals surface area contributed by atoms with E-state index < -0.39 is 0 Å². The van der Waals surface area contributed by atoms with Crippen LogP contribution in [0, 0.1) is 0 Å². The minimum absolute atomic E-state index is 0.849. The SMILES string of the molecule is BrC(Br)=Cc1ccc2ccccc2[n+]1Cc1ccccc1. The van der Waals surface area contributed by atoms with Crippen LogP contribution in [-0.4, -0.2) is 0 Å². The molecule has 0 amide bonds. The van der Waals surface area contributed by atoms with Crippen LogP contribution >= 0.6 is 31.9 Å². The number of nitrogens with zero attached hydrogens (tertiary/aromatic N) is 1. The van der Waals surface area contributed by atoms with Gasteiger partial charge in [0.05, 0.1) is 3.39 Å². The molecular weight excluding hydrogens is 390 g/mol. The largest absolute Gasteiger partial charge is 0.213 e. The maximum atomic E-state index is 3.46. The quantitative estimate of drug-likeness (QED) is 0.525. The first-order chi connectivity index (χ1) is 10.2. The van der Waals surface area contributed by atoms with Gasteiger partial charge in [0.2, 0.25) is 11.2 Å². The molecule has 0 saturated heterocycles. The predicted octanol–water partition coefficient (Wildman–Crippen LogP) is 5.26. The Morgan fingerprint density at radius 3 is 2.33 bits per heavy atom. The van der Waals surface area contributed by atoms with Gasteiger partial charge >= 0.3 is 0 Å². The number of para-hydroxylation sites is 1. The highest BCUT2D eigenvalue weighted by molar-refractivity contribution is 9.28. The van der Waals surface area contributed by atoms with E-state index >= 15 is 0 Å². The first-order valence-corrected chi connectivity index (χ1v) is 8.31. The molecule has 3 heteroatoms. The average Bonchev–Trinajstić information content (AvgIpc) is 2.50. The molecule has 0 saturated carbocycles. The van der Waals surface area contributed by atoms with Crippen LogP contribution in [0.4, 0.5) is 0 Å². The molecule has 1 aromatic heterocycles. The molecule has 104 valence electrons. The number of pyridine rings is 1. The second kappa shape index (κ2) is 6.54. The van der Waals surface area contributed by atoms with Crippen molar-refractivity contribution in [3.8, 4) is 0 Å². The summed E-state index contributed by atoms with van der Waals surface area (Å²) in [6.07, 6.45) is 2.08. The molecule has 0 atom stereocenters. The molecule has 1 nitrogen and oxygen atoms in total. The van der Waals surface area contributed by atoms with Crippen molar-refractivity contribution in [3.05, 3.63) is 81.4 Å². The average molecular weight is 404 g/mol. The summed E-state index contributed by atoms with van der Waals surface area (Å²) in [6.45, 7) is 0.849. The van der Waals surface area contributed by atoms with Gasteiger partial charge in [-0.1, -0.05) is 42.5 Å². The third kappa shape index (κ3) is 3.42. The zero-order valence-electron chi connectivity index (χ0n) is 11.3. The maximum Gasteiger partial charge on any atom is 0.213 e. The second-order valence-corrected chi connectivity index (χ2v) is 7.60. The highest BCUT2D eigenvalue weighted by Gasteiger charge is 2.14. The molecule has 0 fully saturated rings. The molecule has 0 aliphatic heterocycles. The lowest BCUT2D eigenvalue weighted by Gasteiger charge is -2.05. The van der Waals surface area contributed by atoms with Crippen LogP contribution in [0.15, 0.2) is 70.1 Å². The molecule has 0 bridgehead atoms. The summed E-state index contributed by atoms with van der Waals surface area (Å²) in [5.74, 6) is 0. The van der Waals surface area contributed by atoms with E-state index in [2.05, 4.69) is 103 Å². The standard InChI is InChI=1S/C18H14Br2N/c19-18(20)12-16-11-10-15-8-4-5-9-17(15)21(16)13-14-6-2-1-3-7-14/h1-12H,13H2/q+1. The van der Waals surface area contributed by atoms with Gasteiger partial charge in [-0.2, -0.15) is 4.57 Å². The van der Waals surface area contributed by atoms with Crippen LogP contribution in [0.25, 0.3) is 17.0 Å². The van der Waals surface area contributed by atoms with Crippen LogP contribution in [0.5, 0.6) is 0 Å². The lowest BCUT2D eigenvalue weighted by atomic mass is 10.1. The summed E-state index contributed by atoms with van der Waals surface area (Å²) in [4.78, 5) is 0. The number of halogens is 2. The van der Waals surface area contributed by atoms with Gasteiger partial charge in [-0.25, -0.2) is 0 Å². The van der Waals surface area contributed by atoms with Gasteiger partial charge in [0.25, 0.3) is 0 Å². The summed E-state index contributed by atoms with van der Waals surface area (Å²) in [5, 5.41) is 1.25. The zero-order chi connectivity index (χ0) is 14.7. The normalized spacial score (nSPS) is 10.6. The smallest absolute Gasteiger partial charge is 0.187 e. The summed E-state index contributed by atoms with van der Waals surface area (Å²) in [5.41, 5.74) is 3.68. The molecule has 0 spiro atoms. The fourth-order valence-electron chi connectivity index (χ4n) is 2.46. The fraction of sp³-hybridized carbons (Fsp3) is 0.0556. The van der Waals surface area contributed by atoms with Crippen molar-refractivity contribution >= 4 is 48.8 Å². The van der Waals surface area contributed by atoms with Gasteiger partial charge in [0, 0.05) is 29.2 Å². The van der Waals surface area contributed by atoms with Crippen LogP contribution in [0.3, 0.4) is 0 Å². The lowest BCUT2D eigenvalue weighted by Crippen LogP contribution is -2.38. The minimum atomic E-state index is 0.849. The molecule has 1 heterocycles. The Hall–Kier alpha value is -1.45. The zero-order valence-corrected chi connectivity index (χ0v) is 14.5. The van der Waals surface area contributed by atoms with E-state index in [1.54, 1.807) is 0 Å². The number of aromatic nitrogens is 1. The Bertz CT molecular complexity index is 791. The molecule has 0 aliphatic rings. The van der Waals surface area contributed by atoms with Crippen molar-refractivity contribution in [2.45, 2.75) is 6.54 Å². The molecule has 21 heavy (non-hydrogen) atoms. The molecule has 3 aromatic rings. The van der Waals surface area contributed by atoms with Crippen LogP contribution in [0.2, 0.25) is 0 Å². The number of rotatable bonds is 3. The summed E-state index contributed by atoms with van der Waals surface area (Å²) in [6, 6.07) is 23.3. The van der Waals surface area contributed by atoms with Crippen molar-refractivity contribution in [3.63, 3.8) is 0 Å². The van der Waals surface area contributed by atoms with Gasteiger partial charge in [-0.3, -0.25) is 0 Å². The molecule has 0 N–H and O–H groups in total. The summed E-state index contributed by atoms with van der Waals surface area (Å²) >= 11 is 6.92. The van der Waals surface area contributed by atoms with E-state index in [4.69, 9.17) is 0 Å². The molecule has 0 unspecified atom stereocenters. The predicted molar refractivity (Wildman–Crippen MR) is 95.5 cm³/mol. The van der Waals surface area contributed by atoms with Crippen molar-refractivity contribution in [2.75, 3.05) is 0 Å². The van der Waals surface area contributed by atoms with Gasteiger partial charge in [0.1, 0.15) is 0 Å². The van der Waals surface area contributed by atoms with Crippen LogP contribution in [-0.2, 0) is 6.54 Å². The Labute approximate surface area is 141 Å². The first-order valence-electron chi connectivity index (χ1n) is 6.72. The molecule has 3 rings (SSSR count). The Kier molecular flexibility index (Phi) is 4.51. The Morgan fingerprint density at radius 1 is 0.857 bits per heavy atom. The van der Waals surface area contributed by atoms with E-state index in [1.807, 2.05) is 6.07 Å². The second-order valence-electron chi connectivity index (χ2n) is 4.82. The topological polar surface area (TPSA) is 3.88 Å². The van der Waals surface area contributed by atoms with Crippen LogP contribution < -0.4 is 4.57 Å². The van der Waals surface area contributed by atoms with E-state index in [-0.39, 0.29) is 0 Å². The van der Waals surface area contributed by atoms with Gasteiger partial charge < -0.3 is 0 Å². The highest BCUT2D eigenvalue weighted by atomic mass is 79.9. The van der Waals surface area contributed by atoms with E-state index in [0.29, 0.717) is 0 Å². The van der Waals surface area contributed by atoms with E-state index in [1.165, 1.54) is 16.5 Å². The van der Waals surface area contributed by atoms with Gasteiger partial charge in [-0.05, 0) is 44.0 Å². The monoisotopic (exact) mass is 402 g/mol. The van der Waals surface area contributed by atoms with Crippen molar-refractivity contribution in [1.29, 1.82) is 0 Å². The first kappa shape index (κ1) is 14.5. The lowest BCUT2D eigenvalue weighted by molar-refractivity contribution is -0.664. The van der Waals surface area contributed by atoms with Crippen molar-refractivity contribution in [2.24, 2.45) is 0 Å². The fourth-order valence-corrected chi connectivity index (χ4v) is 2.93. The number of hydrogen-bond donors (Lipinski definition) is 0. The molecule has 0 aliphatic carbocycles. The van der Waals surface area contributed by atoms with E-state index in [9.17, 15) is 0 Å². The number of benzene rings is 2. The Balaban J connectivity index is 2.18. The number of fused-ring (bicyclic) bond motifs is 1. The Morgan fingerprint density at radius 2 is 1.57 bits per heavy atom. The third-order valence-corrected chi connectivity index (χ3v) is 3.87. The minimum Gasteiger partial charge on any atom is -0.187 e. The van der Waals surface area contributed by atoms with Crippen molar-refractivity contribution < 1.29 is 4.57 Å². The van der Waals surface area contributed by atoms with Gasteiger partial charge in [-0.15, -0.1) is 0 Å². The molecule has 0 radical (unpaired) electrons. The van der Waals surface area contributed by atoms with Gasteiger partial charge in [0.15, 0.2) is 6.54 Å². The summed E-state index contributed by atoms with van der Waals surface area (Å²) < 4.78 is 3.26. The third-order valence-electron chi connectivity index (χ3n) is 3.41. The van der Waals surface area contributed by atoms with E-state index in [0.717, 1.165) is 15.6 Å². The molecule has 2 aromatic carbocycles. The van der Waals surface area contributed by atoms with Crippen molar-refractivity contribution in [1.82, 2.24) is 0 Å².